The first-order chi connectivity index (χ1) is 12.3. The van der Waals surface area contributed by atoms with Crippen molar-refractivity contribution in [2.45, 2.75) is 12.4 Å². The molecular formula is C15H7F6N3O3. The first-order valence-electron chi connectivity index (χ1n) is 7.02. The molecule has 0 aliphatic carbocycles. The van der Waals surface area contributed by atoms with Crippen molar-refractivity contribution in [1.82, 2.24) is 9.88 Å². The minimum Gasteiger partial charge on any atom is -0.384 e. The molecule has 27 heavy (non-hydrogen) atoms. The van der Waals surface area contributed by atoms with Crippen molar-refractivity contribution < 1.29 is 35.9 Å². The predicted molar refractivity (Wildman–Crippen MR) is 78.3 cm³/mol. The number of fused-ring (bicyclic) bond motifs is 1. The number of nitrogens with one attached hydrogen (secondary N) is 1. The fourth-order valence-electron chi connectivity index (χ4n) is 2.66. The number of aromatic nitrogens is 1. The summed E-state index contributed by atoms with van der Waals surface area (Å²) in [5.41, 5.74) is -1.03. The Morgan fingerprint density at radius 1 is 0.889 bits per heavy atom. The fraction of sp³-hybridized carbons (Fsp3) is 0.133. The van der Waals surface area contributed by atoms with E-state index in [1.165, 1.54) is 0 Å². The lowest BCUT2D eigenvalue weighted by molar-refractivity contribution is -0.141. The monoisotopic (exact) mass is 391 g/mol. The van der Waals surface area contributed by atoms with Gasteiger partial charge < -0.3 is 5.73 Å². The van der Waals surface area contributed by atoms with Crippen molar-refractivity contribution in [3.63, 3.8) is 0 Å². The lowest BCUT2D eigenvalue weighted by Crippen LogP contribution is -2.26. The number of pyridine rings is 1. The number of alkyl halides is 6. The average molecular weight is 391 g/mol. The highest BCUT2D eigenvalue weighted by atomic mass is 19.4. The van der Waals surface area contributed by atoms with Crippen molar-refractivity contribution in [2.75, 3.05) is 5.73 Å². The van der Waals surface area contributed by atoms with Crippen LogP contribution < -0.4 is 16.6 Å². The van der Waals surface area contributed by atoms with Crippen LogP contribution in [0.3, 0.4) is 0 Å². The van der Waals surface area contributed by atoms with E-state index in [4.69, 9.17) is 5.73 Å². The van der Waals surface area contributed by atoms with Gasteiger partial charge in [-0.05, 0) is 18.2 Å². The minimum absolute atomic E-state index is 0.0989. The molecule has 142 valence electrons. The van der Waals surface area contributed by atoms with Crippen LogP contribution in [0.4, 0.5) is 32.2 Å². The summed E-state index contributed by atoms with van der Waals surface area (Å²) in [7, 11) is 0. The number of benzene rings is 1. The molecule has 1 aliphatic rings. The highest BCUT2D eigenvalue weighted by Crippen LogP contribution is 2.38. The largest absolute Gasteiger partial charge is 0.418 e. The van der Waals surface area contributed by atoms with Crippen molar-refractivity contribution in [3.8, 4) is 5.69 Å². The number of carbonyl (C=O) groups excluding carboxylic acids is 2. The maximum atomic E-state index is 13.3. The Bertz CT molecular complexity index is 1050. The van der Waals surface area contributed by atoms with Crippen LogP contribution in [0, 0.1) is 0 Å². The first-order valence-corrected chi connectivity index (χ1v) is 7.02. The second kappa shape index (κ2) is 5.59. The van der Waals surface area contributed by atoms with Gasteiger partial charge in [0.1, 0.15) is 5.82 Å². The van der Waals surface area contributed by atoms with E-state index in [0.717, 1.165) is 0 Å². The smallest absolute Gasteiger partial charge is 0.384 e. The number of carbonyl (C=O) groups is 2. The molecule has 2 heterocycles. The molecule has 1 aliphatic heterocycles. The first kappa shape index (κ1) is 18.5. The van der Waals surface area contributed by atoms with Crippen LogP contribution in [0.5, 0.6) is 0 Å². The quantitative estimate of drug-likeness (QED) is 0.577. The third-order valence-electron chi connectivity index (χ3n) is 3.82. The van der Waals surface area contributed by atoms with Crippen LogP contribution in [-0.4, -0.2) is 16.4 Å². The molecule has 0 bridgehead atoms. The Hall–Kier alpha value is -3.31. The highest BCUT2D eigenvalue weighted by molar-refractivity contribution is 6.23. The summed E-state index contributed by atoms with van der Waals surface area (Å²) < 4.78 is 78.7. The minimum atomic E-state index is -5.12. The summed E-state index contributed by atoms with van der Waals surface area (Å²) in [5.74, 6) is -2.96. The Morgan fingerprint density at radius 2 is 1.52 bits per heavy atom. The van der Waals surface area contributed by atoms with Crippen LogP contribution in [0.25, 0.3) is 5.69 Å². The molecular weight excluding hydrogens is 384 g/mol. The van der Waals surface area contributed by atoms with Crippen LogP contribution in [-0.2, 0) is 12.4 Å². The normalized spacial score (nSPS) is 14.3. The molecule has 0 spiro atoms. The summed E-state index contributed by atoms with van der Waals surface area (Å²) in [5, 5.41) is 1.80. The lowest BCUT2D eigenvalue weighted by Gasteiger charge is -2.19. The number of imide groups is 1. The Kier molecular flexibility index (Phi) is 3.83. The summed E-state index contributed by atoms with van der Waals surface area (Å²) in [4.78, 5) is 35.6. The molecule has 2 amide bonds. The number of rotatable bonds is 1. The van der Waals surface area contributed by atoms with Gasteiger partial charge in [-0.15, -0.1) is 0 Å². The van der Waals surface area contributed by atoms with E-state index < -0.39 is 63.5 Å². The molecule has 2 aromatic rings. The van der Waals surface area contributed by atoms with Crippen LogP contribution in [0.1, 0.15) is 31.8 Å². The standard InChI is InChI=1S/C15H7F6N3O3/c16-14(17,18)5-1-2-7(15(19,20)21)8(3-5)24-9(25)4-6-10(11(24)22)13(27)23-12(6)26/h1-4H,22H2,(H,23,26,27). The van der Waals surface area contributed by atoms with Gasteiger partial charge in [-0.1, -0.05) is 0 Å². The number of nitrogens with two attached hydrogens (primary N) is 1. The molecule has 6 nitrogen and oxygen atoms in total. The Balaban J connectivity index is 2.41. The SMILES string of the molecule is Nc1c2c(cc(=O)n1-c1cc(C(F)(F)F)ccc1C(F)(F)F)C(=O)NC2=O. The number of hydrogen-bond acceptors (Lipinski definition) is 4. The number of nitrogens with zero attached hydrogens (tertiary/aromatic N) is 1. The zero-order chi connectivity index (χ0) is 20.3. The van der Waals surface area contributed by atoms with Crippen molar-refractivity contribution >= 4 is 17.6 Å². The van der Waals surface area contributed by atoms with Gasteiger partial charge in [0.05, 0.1) is 27.9 Å². The molecule has 1 aromatic heterocycles. The van der Waals surface area contributed by atoms with Gasteiger partial charge in [0.15, 0.2) is 0 Å². The summed E-state index contributed by atoms with van der Waals surface area (Å²) in [6.45, 7) is 0. The molecule has 0 saturated heterocycles. The van der Waals surface area contributed by atoms with E-state index >= 15 is 0 Å². The van der Waals surface area contributed by atoms with Gasteiger partial charge in [0.25, 0.3) is 17.4 Å². The van der Waals surface area contributed by atoms with Gasteiger partial charge in [0.2, 0.25) is 0 Å². The molecule has 3 rings (SSSR count). The van der Waals surface area contributed by atoms with E-state index in [1.807, 2.05) is 0 Å². The van der Waals surface area contributed by atoms with Crippen LogP contribution in [0.2, 0.25) is 0 Å². The van der Waals surface area contributed by atoms with Crippen molar-refractivity contribution in [1.29, 1.82) is 0 Å². The molecule has 3 N–H and O–H groups in total. The van der Waals surface area contributed by atoms with E-state index in [-0.39, 0.29) is 22.8 Å². The third-order valence-corrected chi connectivity index (χ3v) is 3.82. The second-order valence-corrected chi connectivity index (χ2v) is 5.50. The maximum Gasteiger partial charge on any atom is 0.418 e. The molecule has 1 aromatic carbocycles. The van der Waals surface area contributed by atoms with E-state index in [0.29, 0.717) is 6.07 Å². The van der Waals surface area contributed by atoms with Crippen molar-refractivity contribution in [3.05, 3.63) is 56.9 Å². The van der Waals surface area contributed by atoms with Crippen molar-refractivity contribution in [2.24, 2.45) is 0 Å². The molecule has 0 radical (unpaired) electrons. The summed E-state index contributed by atoms with van der Waals surface area (Å²) in [6.07, 6.45) is -10.1. The average Bonchev–Trinajstić information content (AvgIpc) is 2.79. The predicted octanol–water partition coefficient (Wildman–Crippen LogP) is 2.34. The summed E-state index contributed by atoms with van der Waals surface area (Å²) >= 11 is 0. The number of anilines is 1. The molecule has 0 unspecified atom stereocenters. The number of halogens is 6. The van der Waals surface area contributed by atoms with E-state index in [2.05, 4.69) is 0 Å². The molecule has 12 heteroatoms. The third kappa shape index (κ3) is 2.92. The number of nitrogen functional groups attached to an aromatic ring is 1. The maximum absolute atomic E-state index is 13.3. The van der Waals surface area contributed by atoms with Gasteiger partial charge in [0, 0.05) is 6.07 Å². The molecule has 0 saturated carbocycles. The zero-order valence-electron chi connectivity index (χ0n) is 12.8. The van der Waals surface area contributed by atoms with Gasteiger partial charge >= 0.3 is 12.4 Å². The van der Waals surface area contributed by atoms with Gasteiger partial charge in [-0.3, -0.25) is 24.3 Å². The topological polar surface area (TPSA) is 94.2 Å². The van der Waals surface area contributed by atoms with Gasteiger partial charge in [-0.2, -0.15) is 26.3 Å². The lowest BCUT2D eigenvalue weighted by atomic mass is 10.1. The number of amides is 2. The van der Waals surface area contributed by atoms with Crippen LogP contribution in [0.15, 0.2) is 29.1 Å². The Morgan fingerprint density at radius 3 is 2.07 bits per heavy atom. The number of hydrogen-bond donors (Lipinski definition) is 2. The van der Waals surface area contributed by atoms with E-state index in [9.17, 15) is 40.7 Å². The molecule has 0 fully saturated rings. The van der Waals surface area contributed by atoms with Gasteiger partial charge in [-0.25, -0.2) is 0 Å². The van der Waals surface area contributed by atoms with Crippen LogP contribution >= 0.6 is 0 Å². The summed E-state index contributed by atoms with van der Waals surface area (Å²) in [6, 6.07) is 0.994. The zero-order valence-corrected chi connectivity index (χ0v) is 12.8. The fourth-order valence-corrected chi connectivity index (χ4v) is 2.66. The second-order valence-electron chi connectivity index (χ2n) is 5.50. The molecule has 0 atom stereocenters. The Labute approximate surface area is 145 Å². The highest BCUT2D eigenvalue weighted by Gasteiger charge is 2.39. The van der Waals surface area contributed by atoms with E-state index in [1.54, 1.807) is 5.32 Å².